The van der Waals surface area contributed by atoms with Crippen molar-refractivity contribution in [2.24, 2.45) is 0 Å². The van der Waals surface area contributed by atoms with Gasteiger partial charge in [0.15, 0.2) is 5.82 Å². The van der Waals surface area contributed by atoms with E-state index in [0.29, 0.717) is 5.92 Å². The van der Waals surface area contributed by atoms with Gasteiger partial charge in [-0.1, -0.05) is 28.8 Å². The van der Waals surface area contributed by atoms with Gasteiger partial charge in [0.25, 0.3) is 0 Å². The average Bonchev–Trinajstić information content (AvgIpc) is 2.98. The number of hydrogen-bond donors (Lipinski definition) is 0. The van der Waals surface area contributed by atoms with Crippen molar-refractivity contribution in [2.45, 2.75) is 38.5 Å². The number of nitrogens with zero attached hydrogens (tertiary/aromatic N) is 4. The molecule has 2 aromatic rings. The molecule has 5 heteroatoms. The maximum absolute atomic E-state index is 4.22. The summed E-state index contributed by atoms with van der Waals surface area (Å²) in [5.74, 6) is 1.52. The number of halogens is 1. The maximum atomic E-state index is 4.22. The molecule has 1 aliphatic rings. The summed E-state index contributed by atoms with van der Waals surface area (Å²) >= 11 is 3.52. The fourth-order valence-corrected chi connectivity index (χ4v) is 3.25. The molecule has 0 saturated heterocycles. The minimum atomic E-state index is 0.513. The van der Waals surface area contributed by atoms with E-state index in [1.807, 2.05) is 4.68 Å². The number of aromatic nitrogens is 4. The van der Waals surface area contributed by atoms with Crippen LogP contribution in [0.5, 0.6) is 0 Å². The van der Waals surface area contributed by atoms with Crippen molar-refractivity contribution in [3.63, 3.8) is 0 Å². The fraction of sp³-hybridized carbons (Fsp3) is 0.462. The molecular formula is C13H15BrN4. The summed E-state index contributed by atoms with van der Waals surface area (Å²) in [4.78, 5) is 0. The predicted octanol–water partition coefficient (Wildman–Crippen LogP) is 3.39. The van der Waals surface area contributed by atoms with Gasteiger partial charge in [-0.15, -0.1) is 5.10 Å². The highest BCUT2D eigenvalue weighted by Crippen LogP contribution is 2.33. The van der Waals surface area contributed by atoms with Crippen LogP contribution in [0.15, 0.2) is 22.7 Å². The monoisotopic (exact) mass is 306 g/mol. The number of tetrazole rings is 1. The zero-order valence-electron chi connectivity index (χ0n) is 10.3. The molecule has 0 radical (unpaired) electrons. The van der Waals surface area contributed by atoms with Crippen LogP contribution < -0.4 is 0 Å². The Morgan fingerprint density at radius 1 is 1.22 bits per heavy atom. The second kappa shape index (κ2) is 4.80. The van der Waals surface area contributed by atoms with E-state index >= 15 is 0 Å². The third-order valence-electron chi connectivity index (χ3n) is 3.49. The van der Waals surface area contributed by atoms with Crippen LogP contribution >= 0.6 is 15.9 Å². The van der Waals surface area contributed by atoms with Crippen molar-refractivity contribution in [3.05, 3.63) is 34.1 Å². The molecule has 18 heavy (non-hydrogen) atoms. The first-order valence-corrected chi connectivity index (χ1v) is 7.09. The van der Waals surface area contributed by atoms with E-state index < -0.39 is 0 Å². The fourth-order valence-electron chi connectivity index (χ4n) is 2.66. The van der Waals surface area contributed by atoms with Crippen LogP contribution in [0.25, 0.3) is 5.69 Å². The van der Waals surface area contributed by atoms with Gasteiger partial charge in [-0.2, -0.15) is 4.68 Å². The minimum absolute atomic E-state index is 0.513. The lowest BCUT2D eigenvalue weighted by molar-refractivity contribution is 0.636. The molecule has 94 valence electrons. The molecule has 1 saturated carbocycles. The summed E-state index contributed by atoms with van der Waals surface area (Å²) in [5, 5.41) is 12.2. The van der Waals surface area contributed by atoms with Gasteiger partial charge in [-0.3, -0.25) is 0 Å². The number of benzene rings is 1. The van der Waals surface area contributed by atoms with E-state index in [9.17, 15) is 0 Å². The van der Waals surface area contributed by atoms with E-state index in [1.54, 1.807) is 0 Å². The predicted molar refractivity (Wildman–Crippen MR) is 72.8 cm³/mol. The highest BCUT2D eigenvalue weighted by atomic mass is 79.9. The summed E-state index contributed by atoms with van der Waals surface area (Å²) in [7, 11) is 0. The largest absolute Gasteiger partial charge is 0.197 e. The zero-order chi connectivity index (χ0) is 12.5. The lowest BCUT2D eigenvalue weighted by atomic mass is 10.1. The van der Waals surface area contributed by atoms with Crippen LogP contribution in [-0.4, -0.2) is 20.2 Å². The first-order valence-electron chi connectivity index (χ1n) is 6.30. The first kappa shape index (κ1) is 11.8. The van der Waals surface area contributed by atoms with Gasteiger partial charge in [-0.25, -0.2) is 0 Å². The van der Waals surface area contributed by atoms with Crippen molar-refractivity contribution in [1.29, 1.82) is 0 Å². The molecule has 0 amide bonds. The van der Waals surface area contributed by atoms with Crippen molar-refractivity contribution in [3.8, 4) is 5.69 Å². The number of rotatable bonds is 2. The van der Waals surface area contributed by atoms with E-state index in [1.165, 1.54) is 31.2 Å². The van der Waals surface area contributed by atoms with Gasteiger partial charge in [0, 0.05) is 10.4 Å². The third-order valence-corrected chi connectivity index (χ3v) is 3.94. The summed E-state index contributed by atoms with van der Waals surface area (Å²) < 4.78 is 2.94. The third kappa shape index (κ3) is 2.19. The molecule has 0 unspecified atom stereocenters. The van der Waals surface area contributed by atoms with Crippen LogP contribution in [0.4, 0.5) is 0 Å². The molecule has 1 fully saturated rings. The molecule has 1 aromatic carbocycles. The Kier molecular flexibility index (Phi) is 3.16. The quantitative estimate of drug-likeness (QED) is 0.854. The lowest BCUT2D eigenvalue weighted by Crippen LogP contribution is -2.07. The Labute approximate surface area is 115 Å². The minimum Gasteiger partial charge on any atom is -0.197 e. The topological polar surface area (TPSA) is 43.6 Å². The van der Waals surface area contributed by atoms with Crippen LogP contribution in [0.2, 0.25) is 0 Å². The molecule has 3 rings (SSSR count). The highest BCUT2D eigenvalue weighted by Gasteiger charge is 2.23. The summed E-state index contributed by atoms with van der Waals surface area (Å²) in [5.41, 5.74) is 2.24. The van der Waals surface area contributed by atoms with Crippen molar-refractivity contribution >= 4 is 15.9 Å². The van der Waals surface area contributed by atoms with Crippen molar-refractivity contribution in [1.82, 2.24) is 20.2 Å². The molecule has 1 heterocycles. The molecular weight excluding hydrogens is 292 g/mol. The molecule has 0 N–H and O–H groups in total. The van der Waals surface area contributed by atoms with E-state index in [0.717, 1.165) is 16.0 Å². The van der Waals surface area contributed by atoms with Gasteiger partial charge in [-0.05, 0) is 54.0 Å². The SMILES string of the molecule is Cc1cc(Br)cc(-n2nnnc2C2CCCC2)c1. The molecule has 1 aliphatic carbocycles. The van der Waals surface area contributed by atoms with Crippen molar-refractivity contribution < 1.29 is 0 Å². The van der Waals surface area contributed by atoms with Crippen LogP contribution in [0.1, 0.15) is 43.0 Å². The van der Waals surface area contributed by atoms with Crippen molar-refractivity contribution in [2.75, 3.05) is 0 Å². The molecule has 0 bridgehead atoms. The Balaban J connectivity index is 2.03. The lowest BCUT2D eigenvalue weighted by Gasteiger charge is -2.10. The second-order valence-corrected chi connectivity index (χ2v) is 5.83. The molecule has 1 aromatic heterocycles. The number of aryl methyl sites for hydroxylation is 1. The first-order chi connectivity index (χ1) is 8.74. The van der Waals surface area contributed by atoms with Gasteiger partial charge < -0.3 is 0 Å². The molecule has 0 atom stereocenters. The zero-order valence-corrected chi connectivity index (χ0v) is 11.9. The van der Waals surface area contributed by atoms with E-state index in [-0.39, 0.29) is 0 Å². The number of hydrogen-bond acceptors (Lipinski definition) is 3. The van der Waals surface area contributed by atoms with Gasteiger partial charge in [0.1, 0.15) is 0 Å². The maximum Gasteiger partial charge on any atom is 0.159 e. The van der Waals surface area contributed by atoms with Gasteiger partial charge >= 0.3 is 0 Å². The van der Waals surface area contributed by atoms with E-state index in [4.69, 9.17) is 0 Å². The van der Waals surface area contributed by atoms with Gasteiger partial charge in [0.05, 0.1) is 5.69 Å². The van der Waals surface area contributed by atoms with Crippen LogP contribution in [0, 0.1) is 6.92 Å². The Morgan fingerprint density at radius 2 is 2.00 bits per heavy atom. The Morgan fingerprint density at radius 3 is 2.72 bits per heavy atom. The Hall–Kier alpha value is -1.23. The summed E-state index contributed by atoms with van der Waals surface area (Å²) in [6.45, 7) is 2.08. The molecule has 0 spiro atoms. The van der Waals surface area contributed by atoms with Crippen LogP contribution in [-0.2, 0) is 0 Å². The van der Waals surface area contributed by atoms with Crippen LogP contribution in [0.3, 0.4) is 0 Å². The highest BCUT2D eigenvalue weighted by molar-refractivity contribution is 9.10. The summed E-state index contributed by atoms with van der Waals surface area (Å²) in [6, 6.07) is 6.25. The summed E-state index contributed by atoms with van der Waals surface area (Å²) in [6.07, 6.45) is 4.98. The normalized spacial score (nSPS) is 16.3. The average molecular weight is 307 g/mol. The molecule has 4 nitrogen and oxygen atoms in total. The standard InChI is InChI=1S/C13H15BrN4/c1-9-6-11(14)8-12(7-9)18-13(15-16-17-18)10-4-2-3-5-10/h6-8,10H,2-5H2,1H3. The van der Waals surface area contributed by atoms with E-state index in [2.05, 4.69) is 56.6 Å². The second-order valence-electron chi connectivity index (χ2n) is 4.92. The van der Waals surface area contributed by atoms with Gasteiger partial charge in [0.2, 0.25) is 0 Å². The molecule has 0 aliphatic heterocycles. The Bertz CT molecular complexity index is 538. The smallest absolute Gasteiger partial charge is 0.159 e.